The Morgan fingerprint density at radius 1 is 1.21 bits per heavy atom. The molecule has 2 fully saturated rings. The normalized spacial score (nSPS) is 23.3. The Balaban J connectivity index is 1.62. The highest BCUT2D eigenvalue weighted by Crippen LogP contribution is 2.45. The van der Waals surface area contributed by atoms with Crippen LogP contribution in [0.5, 0.6) is 0 Å². The minimum atomic E-state index is -0.423. The zero-order valence-corrected chi connectivity index (χ0v) is 16.0. The highest BCUT2D eigenvalue weighted by Gasteiger charge is 2.50. The van der Waals surface area contributed by atoms with Crippen molar-refractivity contribution in [3.05, 3.63) is 69.9 Å². The first-order valence-corrected chi connectivity index (χ1v) is 9.50. The summed E-state index contributed by atoms with van der Waals surface area (Å²) in [4.78, 5) is 43.4. The number of amides is 2. The molecule has 2 aromatic rings. The minimum absolute atomic E-state index is 0.0376. The quantitative estimate of drug-likeness (QED) is 0.843. The zero-order chi connectivity index (χ0) is 20.5. The van der Waals surface area contributed by atoms with Crippen molar-refractivity contribution < 1.29 is 18.7 Å². The van der Waals surface area contributed by atoms with Gasteiger partial charge in [-0.3, -0.25) is 14.4 Å². The predicted octanol–water partition coefficient (Wildman–Crippen LogP) is 1.43. The lowest BCUT2D eigenvalue weighted by Gasteiger charge is -2.30. The molecule has 0 radical (unpaired) electrons. The minimum Gasteiger partial charge on any atom is -0.375 e. The average Bonchev–Trinajstić information content (AvgIpc) is 3.26. The van der Waals surface area contributed by atoms with E-state index in [2.05, 4.69) is 4.98 Å². The Labute approximate surface area is 167 Å². The van der Waals surface area contributed by atoms with Gasteiger partial charge in [0.15, 0.2) is 0 Å². The molecule has 1 aromatic carbocycles. The molecule has 3 heterocycles. The fourth-order valence-corrected chi connectivity index (χ4v) is 4.55. The van der Waals surface area contributed by atoms with Crippen molar-refractivity contribution in [1.82, 2.24) is 14.8 Å². The summed E-state index contributed by atoms with van der Waals surface area (Å²) in [5.41, 5.74) is 0.379. The van der Waals surface area contributed by atoms with Crippen LogP contribution >= 0.6 is 0 Å². The molecule has 152 valence electrons. The van der Waals surface area contributed by atoms with E-state index in [0.717, 1.165) is 0 Å². The van der Waals surface area contributed by atoms with Crippen LogP contribution in [0.15, 0.2) is 47.4 Å². The summed E-state index contributed by atoms with van der Waals surface area (Å²) in [5.74, 6) is -0.838. The molecule has 4 rings (SSSR count). The number of carbonyl (C=O) groups excluding carboxylic acids is 2. The molecule has 1 N–H and O–H groups in total. The van der Waals surface area contributed by atoms with Gasteiger partial charge in [0.25, 0.3) is 11.5 Å². The standard InChI is InChI=1S/C21H22FN3O4/c1-29-12-18(26)25-10-14-9-24(21(28)16-6-3-7-23-20(16)27)11-17(14)19(25)13-4-2-5-15(22)8-13/h2-8,14,17,19H,9-12H2,1H3,(H,23,27)/t14-,17-,19+/m1/s1. The number of hydrogen-bond acceptors (Lipinski definition) is 4. The third kappa shape index (κ3) is 3.55. The lowest BCUT2D eigenvalue weighted by atomic mass is 9.89. The van der Waals surface area contributed by atoms with Crippen LogP contribution in [0.3, 0.4) is 0 Å². The zero-order valence-electron chi connectivity index (χ0n) is 16.0. The summed E-state index contributed by atoms with van der Waals surface area (Å²) in [5, 5.41) is 0. The van der Waals surface area contributed by atoms with E-state index in [-0.39, 0.29) is 47.7 Å². The molecule has 1 aromatic heterocycles. The molecule has 8 heteroatoms. The van der Waals surface area contributed by atoms with Gasteiger partial charge in [-0.1, -0.05) is 12.1 Å². The summed E-state index contributed by atoms with van der Waals surface area (Å²) < 4.78 is 18.9. The molecule has 29 heavy (non-hydrogen) atoms. The van der Waals surface area contributed by atoms with E-state index in [4.69, 9.17) is 4.74 Å². The first kappa shape index (κ1) is 19.3. The van der Waals surface area contributed by atoms with Crippen molar-refractivity contribution in [2.75, 3.05) is 33.4 Å². The van der Waals surface area contributed by atoms with Gasteiger partial charge in [0.1, 0.15) is 18.0 Å². The monoisotopic (exact) mass is 399 g/mol. The van der Waals surface area contributed by atoms with Gasteiger partial charge in [0, 0.05) is 44.8 Å². The number of hydrogen-bond donors (Lipinski definition) is 1. The number of H-pyrrole nitrogens is 1. The third-order valence-electron chi connectivity index (χ3n) is 5.78. The number of pyridine rings is 1. The van der Waals surface area contributed by atoms with Crippen molar-refractivity contribution in [1.29, 1.82) is 0 Å². The molecule has 0 unspecified atom stereocenters. The third-order valence-corrected chi connectivity index (χ3v) is 5.78. The molecule has 0 spiro atoms. The Kier molecular flexibility index (Phi) is 5.19. The van der Waals surface area contributed by atoms with E-state index in [1.807, 2.05) is 0 Å². The number of carbonyl (C=O) groups is 2. The number of rotatable bonds is 4. The number of aromatic nitrogens is 1. The van der Waals surface area contributed by atoms with E-state index < -0.39 is 5.56 Å². The average molecular weight is 399 g/mol. The maximum Gasteiger partial charge on any atom is 0.260 e. The van der Waals surface area contributed by atoms with Crippen LogP contribution in [0.25, 0.3) is 0 Å². The lowest BCUT2D eigenvalue weighted by molar-refractivity contribution is -0.136. The van der Waals surface area contributed by atoms with Gasteiger partial charge < -0.3 is 19.5 Å². The summed E-state index contributed by atoms with van der Waals surface area (Å²) >= 11 is 0. The Morgan fingerprint density at radius 2 is 2.03 bits per heavy atom. The van der Waals surface area contributed by atoms with Crippen LogP contribution in [-0.4, -0.2) is 59.9 Å². The first-order chi connectivity index (χ1) is 14.0. The smallest absolute Gasteiger partial charge is 0.260 e. The second-order valence-corrected chi connectivity index (χ2v) is 7.53. The largest absolute Gasteiger partial charge is 0.375 e. The van der Waals surface area contributed by atoms with Crippen LogP contribution in [0, 0.1) is 17.7 Å². The molecule has 0 aliphatic carbocycles. The maximum atomic E-state index is 13.9. The van der Waals surface area contributed by atoms with Gasteiger partial charge in [0.2, 0.25) is 5.91 Å². The Morgan fingerprint density at radius 3 is 2.76 bits per heavy atom. The molecule has 0 bridgehead atoms. The maximum absolute atomic E-state index is 13.9. The second-order valence-electron chi connectivity index (χ2n) is 7.53. The lowest BCUT2D eigenvalue weighted by Crippen LogP contribution is -2.39. The highest BCUT2D eigenvalue weighted by atomic mass is 19.1. The van der Waals surface area contributed by atoms with Gasteiger partial charge in [0.05, 0.1) is 6.04 Å². The highest BCUT2D eigenvalue weighted by molar-refractivity contribution is 5.94. The molecular weight excluding hydrogens is 377 g/mol. The summed E-state index contributed by atoms with van der Waals surface area (Å²) in [6.45, 7) is 1.26. The number of likely N-dealkylation sites (tertiary alicyclic amines) is 2. The van der Waals surface area contributed by atoms with Crippen molar-refractivity contribution >= 4 is 11.8 Å². The van der Waals surface area contributed by atoms with Crippen molar-refractivity contribution in [2.45, 2.75) is 6.04 Å². The molecule has 2 aliphatic rings. The molecule has 2 aliphatic heterocycles. The summed E-state index contributed by atoms with van der Waals surface area (Å²) in [7, 11) is 1.46. The van der Waals surface area contributed by atoms with Crippen LogP contribution < -0.4 is 5.56 Å². The fraction of sp³-hybridized carbons (Fsp3) is 0.381. The van der Waals surface area contributed by atoms with Gasteiger partial charge >= 0.3 is 0 Å². The molecule has 2 saturated heterocycles. The van der Waals surface area contributed by atoms with E-state index >= 15 is 0 Å². The van der Waals surface area contributed by atoms with Gasteiger partial charge in [-0.25, -0.2) is 4.39 Å². The molecule has 2 amide bonds. The second kappa shape index (κ2) is 7.79. The predicted molar refractivity (Wildman–Crippen MR) is 103 cm³/mol. The van der Waals surface area contributed by atoms with Crippen LogP contribution in [0.4, 0.5) is 4.39 Å². The van der Waals surface area contributed by atoms with E-state index in [0.29, 0.717) is 25.2 Å². The number of aromatic amines is 1. The van der Waals surface area contributed by atoms with Crippen molar-refractivity contribution in [2.24, 2.45) is 11.8 Å². The van der Waals surface area contributed by atoms with E-state index in [1.165, 1.54) is 31.5 Å². The molecular formula is C21H22FN3O4. The van der Waals surface area contributed by atoms with Crippen molar-refractivity contribution in [3.8, 4) is 0 Å². The topological polar surface area (TPSA) is 82.7 Å². The number of benzene rings is 1. The van der Waals surface area contributed by atoms with Gasteiger partial charge in [-0.05, 0) is 29.8 Å². The fourth-order valence-electron chi connectivity index (χ4n) is 4.55. The molecule has 3 atom stereocenters. The number of halogens is 1. The molecule has 7 nitrogen and oxygen atoms in total. The summed E-state index contributed by atoms with van der Waals surface area (Å²) in [6, 6.07) is 9.01. The van der Waals surface area contributed by atoms with Crippen LogP contribution in [0.2, 0.25) is 0 Å². The van der Waals surface area contributed by atoms with Crippen molar-refractivity contribution in [3.63, 3.8) is 0 Å². The van der Waals surface area contributed by atoms with Gasteiger partial charge in [-0.15, -0.1) is 0 Å². The number of nitrogens with zero attached hydrogens (tertiary/aromatic N) is 2. The summed E-state index contributed by atoms with van der Waals surface area (Å²) in [6.07, 6.45) is 1.48. The van der Waals surface area contributed by atoms with Crippen LogP contribution in [0.1, 0.15) is 22.0 Å². The number of fused-ring (bicyclic) bond motifs is 1. The number of nitrogens with one attached hydrogen (secondary N) is 1. The number of ether oxygens (including phenoxy) is 1. The Hall–Kier alpha value is -3.00. The van der Waals surface area contributed by atoms with Gasteiger partial charge in [-0.2, -0.15) is 0 Å². The van der Waals surface area contributed by atoms with E-state index in [1.54, 1.807) is 28.0 Å². The van der Waals surface area contributed by atoms with E-state index in [9.17, 15) is 18.8 Å². The Bertz CT molecular complexity index is 992. The van der Waals surface area contributed by atoms with Crippen LogP contribution in [-0.2, 0) is 9.53 Å². The molecule has 0 saturated carbocycles. The number of methoxy groups -OCH3 is 1. The first-order valence-electron chi connectivity index (χ1n) is 9.50. The SMILES string of the molecule is COCC(=O)N1C[C@H]2CN(C(=O)c3ccc[nH]c3=O)C[C@H]2[C@@H]1c1cccc(F)c1.